The van der Waals surface area contributed by atoms with Gasteiger partial charge in [0.15, 0.2) is 8.32 Å². The topological polar surface area (TPSA) is 35.5 Å². The number of carbonyl (C=O) groups excluding carboxylic acids is 1. The number of esters is 1. The Bertz CT molecular complexity index is 398. The Hall–Kier alpha value is -0.613. The van der Waals surface area contributed by atoms with E-state index in [9.17, 15) is 4.79 Å². The average Bonchev–Trinajstić information content (AvgIpc) is 2.38. The number of rotatable bonds is 4. The second-order valence-electron chi connectivity index (χ2n) is 8.30. The van der Waals surface area contributed by atoms with E-state index in [0.717, 1.165) is 12.8 Å². The van der Waals surface area contributed by atoms with Crippen LogP contribution in [0.15, 0.2) is 12.7 Å². The summed E-state index contributed by atoms with van der Waals surface area (Å²) in [7, 11) is -1.87. The van der Waals surface area contributed by atoms with Crippen LogP contribution < -0.4 is 0 Å². The standard InChI is InChI=1S/C18H34O3Si/c1-9-13(2)15-11-10-14(3)16(12-17(19)20-15)21-22(7,8)18(4,5)6/h9,13-16H,1,10-12H2,2-8H3/t13-,14+,15+,16-/m1/s1. The molecule has 0 aliphatic carbocycles. The van der Waals surface area contributed by atoms with Crippen molar-refractivity contribution < 1.29 is 14.0 Å². The van der Waals surface area contributed by atoms with Gasteiger partial charge in [0.25, 0.3) is 0 Å². The van der Waals surface area contributed by atoms with Gasteiger partial charge >= 0.3 is 5.97 Å². The highest BCUT2D eigenvalue weighted by molar-refractivity contribution is 6.74. The van der Waals surface area contributed by atoms with E-state index >= 15 is 0 Å². The molecular weight excluding hydrogens is 292 g/mol. The second-order valence-corrected chi connectivity index (χ2v) is 13.1. The molecule has 4 heteroatoms. The molecule has 1 aliphatic heterocycles. The van der Waals surface area contributed by atoms with Gasteiger partial charge in [-0.15, -0.1) is 6.58 Å². The summed E-state index contributed by atoms with van der Waals surface area (Å²) in [6.45, 7) is 19.2. The number of hydrogen-bond donors (Lipinski definition) is 0. The van der Waals surface area contributed by atoms with Gasteiger partial charge in [0.05, 0.1) is 12.5 Å². The Morgan fingerprint density at radius 3 is 2.45 bits per heavy atom. The Kier molecular flexibility index (Phi) is 6.45. The zero-order chi connectivity index (χ0) is 17.1. The lowest BCUT2D eigenvalue weighted by molar-refractivity contribution is -0.156. The third kappa shape index (κ3) is 4.95. The van der Waals surface area contributed by atoms with Gasteiger partial charge in [-0.05, 0) is 36.9 Å². The van der Waals surface area contributed by atoms with Crippen LogP contribution in [-0.2, 0) is 14.0 Å². The van der Waals surface area contributed by atoms with Crippen molar-refractivity contribution in [2.75, 3.05) is 0 Å². The van der Waals surface area contributed by atoms with Gasteiger partial charge in [-0.3, -0.25) is 4.79 Å². The molecule has 1 aliphatic rings. The Labute approximate surface area is 137 Å². The molecule has 0 radical (unpaired) electrons. The second kappa shape index (κ2) is 7.31. The number of cyclic esters (lactones) is 1. The molecule has 1 fully saturated rings. The summed E-state index contributed by atoms with van der Waals surface area (Å²) in [5, 5.41) is 0.152. The van der Waals surface area contributed by atoms with Gasteiger partial charge in [0, 0.05) is 5.92 Å². The minimum atomic E-state index is -1.87. The van der Waals surface area contributed by atoms with Gasteiger partial charge < -0.3 is 9.16 Å². The van der Waals surface area contributed by atoms with E-state index in [1.807, 2.05) is 6.08 Å². The maximum Gasteiger partial charge on any atom is 0.308 e. The number of carbonyl (C=O) groups is 1. The Morgan fingerprint density at radius 1 is 1.36 bits per heavy atom. The molecule has 0 N–H and O–H groups in total. The van der Waals surface area contributed by atoms with Crippen LogP contribution in [-0.4, -0.2) is 26.5 Å². The van der Waals surface area contributed by atoms with Crippen LogP contribution in [0.5, 0.6) is 0 Å². The molecular formula is C18H34O3Si. The average molecular weight is 327 g/mol. The highest BCUT2D eigenvalue weighted by Gasteiger charge is 2.41. The van der Waals surface area contributed by atoms with Gasteiger partial charge in [0.1, 0.15) is 6.10 Å². The van der Waals surface area contributed by atoms with Crippen molar-refractivity contribution in [2.24, 2.45) is 11.8 Å². The van der Waals surface area contributed by atoms with Crippen molar-refractivity contribution in [2.45, 2.75) is 84.2 Å². The van der Waals surface area contributed by atoms with Crippen molar-refractivity contribution in [3.63, 3.8) is 0 Å². The first-order chi connectivity index (χ1) is 9.98. The quantitative estimate of drug-likeness (QED) is 0.417. The summed E-state index contributed by atoms with van der Waals surface area (Å²) in [4.78, 5) is 12.2. The summed E-state index contributed by atoms with van der Waals surface area (Å²) in [5.41, 5.74) is 0. The fourth-order valence-corrected chi connectivity index (χ4v) is 3.92. The van der Waals surface area contributed by atoms with Crippen LogP contribution in [0.4, 0.5) is 0 Å². The lowest BCUT2D eigenvalue weighted by Gasteiger charge is -2.41. The Balaban J connectivity index is 2.80. The number of ether oxygens (including phenoxy) is 1. The maximum absolute atomic E-state index is 12.2. The molecule has 0 amide bonds. The Morgan fingerprint density at radius 2 is 1.95 bits per heavy atom. The molecule has 0 unspecified atom stereocenters. The van der Waals surface area contributed by atoms with Crippen molar-refractivity contribution in [3.8, 4) is 0 Å². The normalized spacial score (nSPS) is 29.2. The highest BCUT2D eigenvalue weighted by atomic mass is 28.4. The fourth-order valence-electron chi connectivity index (χ4n) is 2.49. The van der Waals surface area contributed by atoms with E-state index < -0.39 is 8.32 Å². The van der Waals surface area contributed by atoms with E-state index in [4.69, 9.17) is 9.16 Å². The van der Waals surface area contributed by atoms with Crippen LogP contribution in [0.1, 0.15) is 53.9 Å². The smallest absolute Gasteiger partial charge is 0.308 e. The monoisotopic (exact) mass is 326 g/mol. The first kappa shape index (κ1) is 19.4. The van der Waals surface area contributed by atoms with Crippen LogP contribution in [0, 0.1) is 11.8 Å². The largest absolute Gasteiger partial charge is 0.462 e. The summed E-state index contributed by atoms with van der Waals surface area (Å²) >= 11 is 0. The van der Waals surface area contributed by atoms with Crippen LogP contribution in [0.3, 0.4) is 0 Å². The van der Waals surface area contributed by atoms with E-state index in [-0.39, 0.29) is 29.1 Å². The molecule has 1 saturated heterocycles. The minimum Gasteiger partial charge on any atom is -0.462 e. The molecule has 0 aromatic heterocycles. The molecule has 1 rings (SSSR count). The van der Waals surface area contributed by atoms with Crippen LogP contribution in [0.2, 0.25) is 18.1 Å². The molecule has 1 heterocycles. The van der Waals surface area contributed by atoms with E-state index in [2.05, 4.69) is 54.3 Å². The van der Waals surface area contributed by atoms with Crippen molar-refractivity contribution in [3.05, 3.63) is 12.7 Å². The molecule has 0 bridgehead atoms. The van der Waals surface area contributed by atoms with Gasteiger partial charge in [-0.1, -0.05) is 40.7 Å². The predicted molar refractivity (Wildman–Crippen MR) is 94.3 cm³/mol. The summed E-state index contributed by atoms with van der Waals surface area (Å²) < 4.78 is 12.1. The molecule has 0 aromatic rings. The molecule has 3 nitrogen and oxygen atoms in total. The van der Waals surface area contributed by atoms with E-state index in [1.54, 1.807) is 0 Å². The van der Waals surface area contributed by atoms with Crippen LogP contribution >= 0.6 is 0 Å². The summed E-state index contributed by atoms with van der Waals surface area (Å²) in [6, 6.07) is 0. The highest BCUT2D eigenvalue weighted by Crippen LogP contribution is 2.39. The molecule has 4 atom stereocenters. The third-order valence-corrected chi connectivity index (χ3v) is 9.91. The number of hydrogen-bond acceptors (Lipinski definition) is 3. The van der Waals surface area contributed by atoms with Crippen molar-refractivity contribution in [1.82, 2.24) is 0 Å². The summed E-state index contributed by atoms with van der Waals surface area (Å²) in [5.74, 6) is 0.449. The van der Waals surface area contributed by atoms with Crippen molar-refractivity contribution in [1.29, 1.82) is 0 Å². The first-order valence-electron chi connectivity index (χ1n) is 8.48. The van der Waals surface area contributed by atoms with Gasteiger partial charge in [0.2, 0.25) is 0 Å². The third-order valence-electron chi connectivity index (χ3n) is 5.40. The maximum atomic E-state index is 12.2. The molecule has 22 heavy (non-hydrogen) atoms. The van der Waals surface area contributed by atoms with Gasteiger partial charge in [-0.2, -0.15) is 0 Å². The predicted octanol–water partition coefficient (Wildman–Crippen LogP) is 4.93. The molecule has 0 saturated carbocycles. The minimum absolute atomic E-state index is 0.0200. The van der Waals surface area contributed by atoms with E-state index in [0.29, 0.717) is 12.3 Å². The van der Waals surface area contributed by atoms with E-state index in [1.165, 1.54) is 0 Å². The van der Waals surface area contributed by atoms with Crippen LogP contribution in [0.25, 0.3) is 0 Å². The molecule has 0 aromatic carbocycles. The lowest BCUT2D eigenvalue weighted by Crippen LogP contribution is -2.47. The first-order valence-corrected chi connectivity index (χ1v) is 11.4. The lowest BCUT2D eigenvalue weighted by atomic mass is 9.90. The SMILES string of the molecule is C=C[C@@H](C)[C@@H]1CC[C@H](C)[C@H](O[Si](C)(C)C(C)(C)C)CC(=O)O1. The summed E-state index contributed by atoms with van der Waals surface area (Å²) in [6.07, 6.45) is 4.09. The molecule has 128 valence electrons. The zero-order valence-electron chi connectivity index (χ0n) is 15.4. The van der Waals surface area contributed by atoms with Crippen molar-refractivity contribution >= 4 is 14.3 Å². The van der Waals surface area contributed by atoms with Gasteiger partial charge in [-0.25, -0.2) is 0 Å². The fraction of sp³-hybridized carbons (Fsp3) is 0.833. The zero-order valence-corrected chi connectivity index (χ0v) is 16.4. The molecule has 0 spiro atoms.